The molecule has 1 aromatic rings. The second-order valence-corrected chi connectivity index (χ2v) is 4.61. The maximum atomic E-state index is 11.5. The summed E-state index contributed by atoms with van der Waals surface area (Å²) in [5.74, 6) is 0.337. The van der Waals surface area contributed by atoms with Gasteiger partial charge in [-0.2, -0.15) is 5.10 Å². The fourth-order valence-corrected chi connectivity index (χ4v) is 2.17. The van der Waals surface area contributed by atoms with Crippen molar-refractivity contribution >= 4 is 5.78 Å². The van der Waals surface area contributed by atoms with Crippen molar-refractivity contribution in [3.63, 3.8) is 0 Å². The Hall–Kier alpha value is -1.12. The van der Waals surface area contributed by atoms with Gasteiger partial charge < -0.3 is 0 Å². The number of Topliss-reactive ketones (excluding diaryl/α,β-unsaturated/α-hetero) is 1. The minimum atomic E-state index is -0.0423. The molecule has 0 saturated heterocycles. The van der Waals surface area contributed by atoms with Crippen LogP contribution in [-0.4, -0.2) is 15.6 Å². The second-order valence-electron chi connectivity index (χ2n) is 4.61. The average molecular weight is 206 g/mol. The van der Waals surface area contributed by atoms with Crippen LogP contribution in [0.25, 0.3) is 0 Å². The highest BCUT2D eigenvalue weighted by molar-refractivity contribution is 5.85. The van der Waals surface area contributed by atoms with E-state index in [9.17, 15) is 4.79 Å². The van der Waals surface area contributed by atoms with Gasteiger partial charge in [-0.15, -0.1) is 0 Å². The molecule has 0 atom stereocenters. The summed E-state index contributed by atoms with van der Waals surface area (Å²) in [4.78, 5) is 11.5. The number of ketones is 1. The number of hydrogen-bond acceptors (Lipinski definition) is 2. The number of hydrogen-bond donors (Lipinski definition) is 0. The molecule has 0 radical (unpaired) electrons. The SMILES string of the molecule is CCn1nc(C)cc1CC1(C(C)=O)CC1. The van der Waals surface area contributed by atoms with E-state index < -0.39 is 0 Å². The number of aromatic nitrogens is 2. The highest BCUT2D eigenvalue weighted by atomic mass is 16.1. The molecule has 1 aliphatic carbocycles. The molecule has 1 aliphatic rings. The van der Waals surface area contributed by atoms with Gasteiger partial charge in [0.1, 0.15) is 5.78 Å². The molecule has 0 aliphatic heterocycles. The lowest BCUT2D eigenvalue weighted by Crippen LogP contribution is -2.17. The lowest BCUT2D eigenvalue weighted by atomic mass is 9.96. The third-order valence-electron chi connectivity index (χ3n) is 3.40. The van der Waals surface area contributed by atoms with Crippen molar-refractivity contribution in [2.24, 2.45) is 5.41 Å². The highest BCUT2D eigenvalue weighted by Gasteiger charge is 2.47. The molecular formula is C12H18N2O. The lowest BCUT2D eigenvalue weighted by molar-refractivity contribution is -0.122. The van der Waals surface area contributed by atoms with Gasteiger partial charge in [0.15, 0.2) is 0 Å². The van der Waals surface area contributed by atoms with E-state index in [1.807, 2.05) is 11.6 Å². The first-order chi connectivity index (χ1) is 7.07. The van der Waals surface area contributed by atoms with Crippen molar-refractivity contribution in [3.8, 4) is 0 Å². The molecule has 1 saturated carbocycles. The van der Waals surface area contributed by atoms with E-state index in [1.54, 1.807) is 6.92 Å². The number of nitrogens with zero attached hydrogens (tertiary/aromatic N) is 2. The molecule has 0 unspecified atom stereocenters. The second kappa shape index (κ2) is 3.47. The van der Waals surface area contributed by atoms with E-state index in [2.05, 4.69) is 18.1 Å². The molecule has 1 aromatic heterocycles. The van der Waals surface area contributed by atoms with E-state index in [1.165, 1.54) is 5.69 Å². The van der Waals surface area contributed by atoms with Crippen molar-refractivity contribution in [1.29, 1.82) is 0 Å². The van der Waals surface area contributed by atoms with Gasteiger partial charge >= 0.3 is 0 Å². The molecule has 0 aromatic carbocycles. The first-order valence-corrected chi connectivity index (χ1v) is 5.62. The molecule has 2 rings (SSSR count). The molecule has 15 heavy (non-hydrogen) atoms. The Bertz CT molecular complexity index is 388. The lowest BCUT2D eigenvalue weighted by Gasteiger charge is -2.11. The monoisotopic (exact) mass is 206 g/mol. The maximum absolute atomic E-state index is 11.5. The Kier molecular flexibility index (Phi) is 2.41. The molecule has 0 spiro atoms. The van der Waals surface area contributed by atoms with Crippen LogP contribution < -0.4 is 0 Å². The van der Waals surface area contributed by atoms with Crippen LogP contribution in [0.5, 0.6) is 0 Å². The van der Waals surface area contributed by atoms with Crippen LogP contribution in [0.2, 0.25) is 0 Å². The third kappa shape index (κ3) is 1.83. The number of rotatable bonds is 4. The van der Waals surface area contributed by atoms with E-state index in [0.29, 0.717) is 5.78 Å². The van der Waals surface area contributed by atoms with Crippen LogP contribution >= 0.6 is 0 Å². The van der Waals surface area contributed by atoms with E-state index in [4.69, 9.17) is 0 Å². The van der Waals surface area contributed by atoms with E-state index in [0.717, 1.165) is 31.5 Å². The quantitative estimate of drug-likeness (QED) is 0.756. The van der Waals surface area contributed by atoms with Gasteiger partial charge in [0.25, 0.3) is 0 Å². The maximum Gasteiger partial charge on any atom is 0.136 e. The van der Waals surface area contributed by atoms with Gasteiger partial charge in [-0.25, -0.2) is 0 Å². The van der Waals surface area contributed by atoms with Crippen molar-refractivity contribution in [2.45, 2.75) is 46.6 Å². The largest absolute Gasteiger partial charge is 0.299 e. The van der Waals surface area contributed by atoms with Crippen LogP contribution in [0.1, 0.15) is 38.1 Å². The van der Waals surface area contributed by atoms with Crippen LogP contribution in [0.15, 0.2) is 6.07 Å². The zero-order valence-electron chi connectivity index (χ0n) is 9.71. The van der Waals surface area contributed by atoms with Gasteiger partial charge in [0, 0.05) is 24.1 Å². The fraction of sp³-hybridized carbons (Fsp3) is 0.667. The van der Waals surface area contributed by atoms with Crippen molar-refractivity contribution in [1.82, 2.24) is 9.78 Å². The highest BCUT2D eigenvalue weighted by Crippen LogP contribution is 2.49. The molecule has 3 nitrogen and oxygen atoms in total. The number of aryl methyl sites for hydroxylation is 2. The topological polar surface area (TPSA) is 34.9 Å². The summed E-state index contributed by atoms with van der Waals surface area (Å²) in [5.41, 5.74) is 2.22. The van der Waals surface area contributed by atoms with Gasteiger partial charge in [0.2, 0.25) is 0 Å². The normalized spacial score (nSPS) is 17.8. The summed E-state index contributed by atoms with van der Waals surface area (Å²) in [6, 6.07) is 2.10. The Morgan fingerprint density at radius 1 is 1.60 bits per heavy atom. The van der Waals surface area contributed by atoms with Crippen LogP contribution in [0, 0.1) is 12.3 Å². The van der Waals surface area contributed by atoms with Gasteiger partial charge in [-0.1, -0.05) is 0 Å². The summed E-state index contributed by atoms with van der Waals surface area (Å²) >= 11 is 0. The summed E-state index contributed by atoms with van der Waals surface area (Å²) in [7, 11) is 0. The van der Waals surface area contributed by atoms with Crippen molar-refractivity contribution < 1.29 is 4.79 Å². The number of carbonyl (C=O) groups excluding carboxylic acids is 1. The molecule has 1 heterocycles. The van der Waals surface area contributed by atoms with E-state index >= 15 is 0 Å². The van der Waals surface area contributed by atoms with Crippen LogP contribution in [0.4, 0.5) is 0 Å². The van der Waals surface area contributed by atoms with Gasteiger partial charge in [-0.05, 0) is 39.7 Å². The predicted molar refractivity (Wildman–Crippen MR) is 58.7 cm³/mol. The predicted octanol–water partition coefficient (Wildman–Crippen LogP) is 2.12. The van der Waals surface area contributed by atoms with Crippen LogP contribution in [0.3, 0.4) is 0 Å². The Labute approximate surface area is 90.5 Å². The Morgan fingerprint density at radius 2 is 2.27 bits per heavy atom. The zero-order valence-corrected chi connectivity index (χ0v) is 9.71. The first-order valence-electron chi connectivity index (χ1n) is 5.62. The molecular weight excluding hydrogens is 188 g/mol. The van der Waals surface area contributed by atoms with E-state index in [-0.39, 0.29) is 5.41 Å². The smallest absolute Gasteiger partial charge is 0.136 e. The Balaban J connectivity index is 2.20. The molecule has 0 N–H and O–H groups in total. The molecule has 3 heteroatoms. The molecule has 1 fully saturated rings. The minimum absolute atomic E-state index is 0.0423. The minimum Gasteiger partial charge on any atom is -0.299 e. The van der Waals surface area contributed by atoms with Gasteiger partial charge in [-0.3, -0.25) is 9.48 Å². The summed E-state index contributed by atoms with van der Waals surface area (Å²) in [5, 5.41) is 4.41. The van der Waals surface area contributed by atoms with Crippen molar-refractivity contribution in [2.75, 3.05) is 0 Å². The fourth-order valence-electron chi connectivity index (χ4n) is 2.17. The van der Waals surface area contributed by atoms with Crippen molar-refractivity contribution in [3.05, 3.63) is 17.5 Å². The number of carbonyl (C=O) groups is 1. The average Bonchev–Trinajstić information content (AvgIpc) is 2.86. The first kappa shape index (κ1) is 10.4. The molecule has 82 valence electrons. The summed E-state index contributed by atoms with van der Waals surface area (Å²) in [6.07, 6.45) is 2.98. The zero-order chi connectivity index (χ0) is 11.1. The summed E-state index contributed by atoms with van der Waals surface area (Å²) < 4.78 is 2.01. The third-order valence-corrected chi connectivity index (χ3v) is 3.40. The Morgan fingerprint density at radius 3 is 2.73 bits per heavy atom. The van der Waals surface area contributed by atoms with Crippen LogP contribution in [-0.2, 0) is 17.8 Å². The van der Waals surface area contributed by atoms with Gasteiger partial charge in [0.05, 0.1) is 5.69 Å². The molecule has 0 bridgehead atoms. The summed E-state index contributed by atoms with van der Waals surface area (Å²) in [6.45, 7) is 6.69. The standard InChI is InChI=1S/C12H18N2O/c1-4-14-11(7-9(2)13-14)8-12(5-6-12)10(3)15/h7H,4-6,8H2,1-3H3. The molecule has 0 amide bonds.